The Balaban J connectivity index is 2.04. The molecule has 0 bridgehead atoms. The third-order valence-corrected chi connectivity index (χ3v) is 6.43. The van der Waals surface area contributed by atoms with Crippen LogP contribution in [-0.2, 0) is 0 Å². The molecule has 1 aliphatic carbocycles. The van der Waals surface area contributed by atoms with E-state index in [-0.39, 0.29) is 5.78 Å². The maximum Gasteiger partial charge on any atom is 0.203 e. The smallest absolute Gasteiger partial charge is 0.203 e. The lowest BCUT2D eigenvalue weighted by Crippen LogP contribution is -2.06. The van der Waals surface area contributed by atoms with Crippen LogP contribution < -0.4 is 33.2 Å². The molecule has 3 aromatic rings. The van der Waals surface area contributed by atoms with Gasteiger partial charge in [-0.3, -0.25) is 4.79 Å². The zero-order chi connectivity index (χ0) is 26.7. The van der Waals surface area contributed by atoms with Crippen molar-refractivity contribution in [2.45, 2.75) is 5.92 Å². The molecule has 0 saturated heterocycles. The van der Waals surface area contributed by atoms with E-state index in [2.05, 4.69) is 0 Å². The number of methoxy groups -OCH3 is 7. The minimum absolute atomic E-state index is 0.149. The van der Waals surface area contributed by atoms with E-state index in [1.54, 1.807) is 41.6 Å². The third-order valence-electron chi connectivity index (χ3n) is 6.43. The lowest BCUT2D eigenvalue weighted by atomic mass is 9.87. The molecule has 0 amide bonds. The summed E-state index contributed by atoms with van der Waals surface area (Å²) in [5.41, 5.74) is 3.27. The Hall–Kier alpha value is -4.33. The van der Waals surface area contributed by atoms with Gasteiger partial charge in [-0.2, -0.15) is 0 Å². The number of fused-ring (bicyclic) bond motifs is 1. The predicted molar refractivity (Wildman–Crippen MR) is 139 cm³/mol. The number of allylic oxidation sites excluding steroid dienone is 1. The van der Waals surface area contributed by atoms with E-state index in [1.165, 1.54) is 14.2 Å². The topological polar surface area (TPSA) is 81.7 Å². The summed E-state index contributed by atoms with van der Waals surface area (Å²) in [6.07, 6.45) is 1.87. The third kappa shape index (κ3) is 4.39. The summed E-state index contributed by atoms with van der Waals surface area (Å²) < 4.78 is 39.0. The first-order chi connectivity index (χ1) is 18.0. The van der Waals surface area contributed by atoms with Gasteiger partial charge in [0.2, 0.25) is 11.5 Å². The van der Waals surface area contributed by atoms with E-state index in [9.17, 15) is 4.79 Å². The first-order valence-corrected chi connectivity index (χ1v) is 11.5. The van der Waals surface area contributed by atoms with Crippen molar-refractivity contribution in [3.05, 3.63) is 70.3 Å². The van der Waals surface area contributed by atoms with Gasteiger partial charge in [0.05, 0.1) is 49.8 Å². The Morgan fingerprint density at radius 3 is 1.65 bits per heavy atom. The summed E-state index contributed by atoms with van der Waals surface area (Å²) in [5.74, 6) is 2.68. The molecule has 0 radical (unpaired) electrons. The molecule has 0 aliphatic heterocycles. The van der Waals surface area contributed by atoms with E-state index < -0.39 is 5.92 Å². The molecule has 8 heteroatoms. The van der Waals surface area contributed by atoms with Gasteiger partial charge in [0, 0.05) is 22.6 Å². The normalized spacial score (nSPS) is 15.3. The molecule has 37 heavy (non-hydrogen) atoms. The standard InChI is InChI=1S/C29H30O8/c1-31-18-10-8-16(9-11-18)12-19-24(17-13-21(32-2)27(35-5)22(14-17)33-3)25-20(26(19)30)15-23(34-4)28(36-6)29(25)37-7/h8-15,24H,1-7H3. The molecule has 0 fully saturated rings. The van der Waals surface area contributed by atoms with E-state index in [0.717, 1.165) is 16.9 Å². The summed E-state index contributed by atoms with van der Waals surface area (Å²) >= 11 is 0. The minimum atomic E-state index is -0.520. The highest BCUT2D eigenvalue weighted by Gasteiger charge is 2.41. The van der Waals surface area contributed by atoms with E-state index >= 15 is 0 Å². The first kappa shape index (κ1) is 25.8. The molecule has 3 aromatic carbocycles. The van der Waals surface area contributed by atoms with Gasteiger partial charge in [-0.1, -0.05) is 12.1 Å². The Bertz CT molecular complexity index is 1320. The zero-order valence-corrected chi connectivity index (χ0v) is 22.0. The van der Waals surface area contributed by atoms with Crippen LogP contribution in [0, 0.1) is 0 Å². The van der Waals surface area contributed by atoms with Crippen LogP contribution in [0.3, 0.4) is 0 Å². The lowest BCUT2D eigenvalue weighted by molar-refractivity contribution is 0.103. The van der Waals surface area contributed by atoms with Crippen LogP contribution in [0.15, 0.2) is 48.0 Å². The number of benzene rings is 3. The van der Waals surface area contributed by atoms with Gasteiger partial charge in [-0.25, -0.2) is 0 Å². The van der Waals surface area contributed by atoms with E-state index in [1.807, 2.05) is 42.5 Å². The van der Waals surface area contributed by atoms with E-state index in [0.29, 0.717) is 51.2 Å². The van der Waals surface area contributed by atoms with E-state index in [4.69, 9.17) is 33.2 Å². The van der Waals surface area contributed by atoms with Crippen molar-refractivity contribution in [1.29, 1.82) is 0 Å². The summed E-state index contributed by atoms with van der Waals surface area (Å²) in [6.45, 7) is 0. The monoisotopic (exact) mass is 506 g/mol. The molecule has 4 rings (SSSR count). The summed E-state index contributed by atoms with van der Waals surface area (Å²) in [4.78, 5) is 13.9. The van der Waals surface area contributed by atoms with Crippen molar-refractivity contribution in [3.8, 4) is 40.2 Å². The summed E-state index contributed by atoms with van der Waals surface area (Å²) in [6, 6.07) is 12.9. The van der Waals surface area contributed by atoms with Crippen molar-refractivity contribution < 1.29 is 38.0 Å². The van der Waals surface area contributed by atoms with Crippen molar-refractivity contribution in [3.63, 3.8) is 0 Å². The maximum absolute atomic E-state index is 13.9. The second-order valence-electron chi connectivity index (χ2n) is 8.20. The van der Waals surface area contributed by atoms with Gasteiger partial charge in [0.1, 0.15) is 5.75 Å². The molecule has 0 heterocycles. The quantitative estimate of drug-likeness (QED) is 0.368. The second-order valence-corrected chi connectivity index (χ2v) is 8.20. The maximum atomic E-state index is 13.9. The molecule has 194 valence electrons. The number of carbonyl (C=O) groups excluding carboxylic acids is 1. The van der Waals surface area contributed by atoms with Crippen molar-refractivity contribution in [1.82, 2.24) is 0 Å². The highest BCUT2D eigenvalue weighted by molar-refractivity contribution is 6.18. The Kier molecular flexibility index (Phi) is 7.47. The number of hydrogen-bond donors (Lipinski definition) is 0. The fourth-order valence-electron chi connectivity index (χ4n) is 4.74. The minimum Gasteiger partial charge on any atom is -0.497 e. The number of Topliss-reactive ketones (excluding diaryl/α,β-unsaturated/α-hetero) is 1. The van der Waals surface area contributed by atoms with Crippen LogP contribution in [0.1, 0.15) is 33.0 Å². The zero-order valence-electron chi connectivity index (χ0n) is 22.0. The predicted octanol–water partition coefficient (Wildman–Crippen LogP) is 5.16. The van der Waals surface area contributed by atoms with Gasteiger partial charge < -0.3 is 33.2 Å². The molecule has 0 N–H and O–H groups in total. The van der Waals surface area contributed by atoms with Crippen LogP contribution >= 0.6 is 0 Å². The first-order valence-electron chi connectivity index (χ1n) is 11.5. The lowest BCUT2D eigenvalue weighted by Gasteiger charge is -2.21. The van der Waals surface area contributed by atoms with Gasteiger partial charge >= 0.3 is 0 Å². The fraction of sp³-hybridized carbons (Fsp3) is 0.276. The van der Waals surface area contributed by atoms with Crippen LogP contribution in [0.5, 0.6) is 40.2 Å². The van der Waals surface area contributed by atoms with Gasteiger partial charge in [-0.05, 0) is 47.5 Å². The molecular weight excluding hydrogens is 476 g/mol. The number of ether oxygens (including phenoxy) is 7. The number of hydrogen-bond acceptors (Lipinski definition) is 8. The Morgan fingerprint density at radius 2 is 1.16 bits per heavy atom. The number of carbonyl (C=O) groups is 1. The number of rotatable bonds is 9. The second kappa shape index (κ2) is 10.7. The molecule has 0 saturated carbocycles. The van der Waals surface area contributed by atoms with Crippen LogP contribution in [0.25, 0.3) is 6.08 Å². The molecule has 0 spiro atoms. The van der Waals surface area contributed by atoms with Crippen molar-refractivity contribution in [2.24, 2.45) is 0 Å². The Labute approximate surface area is 216 Å². The highest BCUT2D eigenvalue weighted by atomic mass is 16.5. The van der Waals surface area contributed by atoms with Crippen molar-refractivity contribution in [2.75, 3.05) is 49.8 Å². The van der Waals surface area contributed by atoms with Gasteiger partial charge in [0.15, 0.2) is 28.8 Å². The SMILES string of the molecule is COc1ccc(C=C2C(=O)c3cc(OC)c(OC)c(OC)c3C2c2cc(OC)c(OC)c(OC)c2)cc1. The summed E-state index contributed by atoms with van der Waals surface area (Å²) in [5, 5.41) is 0. The van der Waals surface area contributed by atoms with Crippen LogP contribution in [-0.4, -0.2) is 55.6 Å². The molecule has 0 aromatic heterocycles. The molecule has 1 atom stereocenters. The van der Waals surface area contributed by atoms with Crippen LogP contribution in [0.4, 0.5) is 0 Å². The molecule has 8 nitrogen and oxygen atoms in total. The molecule has 1 aliphatic rings. The fourth-order valence-corrected chi connectivity index (χ4v) is 4.74. The van der Waals surface area contributed by atoms with Crippen molar-refractivity contribution >= 4 is 11.9 Å². The molecule has 1 unspecified atom stereocenters. The average molecular weight is 507 g/mol. The highest BCUT2D eigenvalue weighted by Crippen LogP contribution is 2.55. The Morgan fingerprint density at radius 1 is 0.622 bits per heavy atom. The van der Waals surface area contributed by atoms with Gasteiger partial charge in [-0.15, -0.1) is 0 Å². The average Bonchev–Trinajstić information content (AvgIpc) is 3.21. The molecular formula is C29H30O8. The van der Waals surface area contributed by atoms with Crippen LogP contribution in [0.2, 0.25) is 0 Å². The summed E-state index contributed by atoms with van der Waals surface area (Å²) in [7, 11) is 10.9. The number of ketones is 1. The van der Waals surface area contributed by atoms with Gasteiger partial charge in [0.25, 0.3) is 0 Å². The largest absolute Gasteiger partial charge is 0.497 e.